The van der Waals surface area contributed by atoms with Crippen molar-refractivity contribution in [2.75, 3.05) is 6.54 Å². The fourth-order valence-electron chi connectivity index (χ4n) is 1.58. The van der Waals surface area contributed by atoms with Crippen molar-refractivity contribution >= 4 is 10.0 Å². The molecule has 0 saturated heterocycles. The topological polar surface area (TPSA) is 90.0 Å². The second kappa shape index (κ2) is 6.13. The van der Waals surface area contributed by atoms with Crippen molar-refractivity contribution in [1.82, 2.24) is 14.5 Å². The van der Waals surface area contributed by atoms with Crippen LogP contribution in [0.3, 0.4) is 0 Å². The molecule has 0 aliphatic heterocycles. The molecule has 0 aliphatic carbocycles. The fraction of sp³-hybridized carbons (Fsp3) is 0.700. The van der Waals surface area contributed by atoms with E-state index in [9.17, 15) is 8.42 Å². The third-order valence-electron chi connectivity index (χ3n) is 2.56. The molecule has 1 rings (SSSR count). The van der Waals surface area contributed by atoms with Crippen LogP contribution in [-0.4, -0.2) is 30.8 Å². The van der Waals surface area contributed by atoms with Gasteiger partial charge in [-0.05, 0) is 12.5 Å². The molecule has 0 radical (unpaired) electrons. The molecule has 3 N–H and O–H groups in total. The van der Waals surface area contributed by atoms with E-state index in [0.29, 0.717) is 6.54 Å². The summed E-state index contributed by atoms with van der Waals surface area (Å²) in [5.74, 6) is 0. The first-order chi connectivity index (χ1) is 8.01. The Labute approximate surface area is 102 Å². The minimum Gasteiger partial charge on any atom is -0.329 e. The van der Waals surface area contributed by atoms with Crippen molar-refractivity contribution in [3.63, 3.8) is 0 Å². The van der Waals surface area contributed by atoms with Gasteiger partial charge in [-0.2, -0.15) is 5.10 Å². The Balaban J connectivity index is 2.75. The lowest BCUT2D eigenvalue weighted by Gasteiger charge is -2.16. The van der Waals surface area contributed by atoms with Gasteiger partial charge in [-0.15, -0.1) is 0 Å². The number of nitrogens with two attached hydrogens (primary N) is 1. The predicted octanol–water partition coefficient (Wildman–Crippen LogP) is 0.216. The Bertz CT molecular complexity index is 441. The SMILES string of the molecule is CCCCC(CN)NS(=O)(=O)c1ccnn1C. The number of aryl methyl sites for hydroxylation is 1. The highest BCUT2D eigenvalue weighted by Gasteiger charge is 2.21. The molecular weight excluding hydrogens is 240 g/mol. The second-order valence-corrected chi connectivity index (χ2v) is 5.65. The number of hydrogen-bond acceptors (Lipinski definition) is 4. The van der Waals surface area contributed by atoms with Gasteiger partial charge in [0.25, 0.3) is 10.0 Å². The molecule has 1 atom stereocenters. The van der Waals surface area contributed by atoms with Crippen LogP contribution in [-0.2, 0) is 17.1 Å². The van der Waals surface area contributed by atoms with Crippen molar-refractivity contribution in [2.45, 2.75) is 37.3 Å². The number of aromatic nitrogens is 2. The van der Waals surface area contributed by atoms with Gasteiger partial charge in [0.1, 0.15) is 0 Å². The van der Waals surface area contributed by atoms with E-state index in [0.717, 1.165) is 19.3 Å². The molecule has 0 saturated carbocycles. The van der Waals surface area contributed by atoms with E-state index < -0.39 is 10.0 Å². The number of nitrogens with one attached hydrogen (secondary N) is 1. The van der Waals surface area contributed by atoms with Crippen LogP contribution < -0.4 is 10.5 Å². The summed E-state index contributed by atoms with van der Waals surface area (Å²) < 4.78 is 28.0. The maximum Gasteiger partial charge on any atom is 0.257 e. The van der Waals surface area contributed by atoms with E-state index >= 15 is 0 Å². The maximum absolute atomic E-state index is 12.0. The van der Waals surface area contributed by atoms with Crippen LogP contribution in [0.2, 0.25) is 0 Å². The molecule has 0 fully saturated rings. The number of unbranched alkanes of at least 4 members (excludes halogenated alkanes) is 1. The van der Waals surface area contributed by atoms with Gasteiger partial charge in [0.05, 0.1) is 6.20 Å². The summed E-state index contributed by atoms with van der Waals surface area (Å²) >= 11 is 0. The van der Waals surface area contributed by atoms with E-state index in [2.05, 4.69) is 16.7 Å². The van der Waals surface area contributed by atoms with Gasteiger partial charge in [0.15, 0.2) is 5.03 Å². The first-order valence-electron chi connectivity index (χ1n) is 5.71. The van der Waals surface area contributed by atoms with Gasteiger partial charge in [0.2, 0.25) is 0 Å². The summed E-state index contributed by atoms with van der Waals surface area (Å²) in [4.78, 5) is 0. The van der Waals surface area contributed by atoms with Crippen molar-refractivity contribution in [1.29, 1.82) is 0 Å². The van der Waals surface area contributed by atoms with Gasteiger partial charge < -0.3 is 5.73 Å². The van der Waals surface area contributed by atoms with Crippen LogP contribution in [0.1, 0.15) is 26.2 Å². The second-order valence-electron chi connectivity index (χ2n) is 3.99. The molecule has 0 aliphatic rings. The zero-order valence-corrected chi connectivity index (χ0v) is 11.1. The van der Waals surface area contributed by atoms with Gasteiger partial charge in [-0.25, -0.2) is 13.1 Å². The summed E-state index contributed by atoms with van der Waals surface area (Å²) in [7, 11) is -1.92. The molecule has 6 nitrogen and oxygen atoms in total. The minimum atomic E-state index is -3.52. The summed E-state index contributed by atoms with van der Waals surface area (Å²) in [5.41, 5.74) is 5.56. The number of hydrogen-bond donors (Lipinski definition) is 2. The molecule has 1 unspecified atom stereocenters. The van der Waals surface area contributed by atoms with Crippen molar-refractivity contribution < 1.29 is 8.42 Å². The number of rotatable bonds is 7. The Kier molecular flexibility index (Phi) is 5.10. The average molecular weight is 260 g/mol. The van der Waals surface area contributed by atoms with Crippen LogP contribution in [0, 0.1) is 0 Å². The van der Waals surface area contributed by atoms with Crippen molar-refractivity contribution in [3.05, 3.63) is 12.3 Å². The summed E-state index contributed by atoms with van der Waals surface area (Å²) in [6.45, 7) is 2.36. The van der Waals surface area contributed by atoms with E-state index in [1.54, 1.807) is 7.05 Å². The van der Waals surface area contributed by atoms with E-state index in [1.165, 1.54) is 16.9 Å². The van der Waals surface area contributed by atoms with Crippen LogP contribution in [0.5, 0.6) is 0 Å². The van der Waals surface area contributed by atoms with Crippen LogP contribution in [0.25, 0.3) is 0 Å². The zero-order valence-electron chi connectivity index (χ0n) is 10.3. The zero-order chi connectivity index (χ0) is 12.9. The summed E-state index contributed by atoms with van der Waals surface area (Å²) in [6.07, 6.45) is 4.18. The van der Waals surface area contributed by atoms with Crippen molar-refractivity contribution in [2.24, 2.45) is 12.8 Å². The van der Waals surface area contributed by atoms with Crippen LogP contribution in [0.4, 0.5) is 0 Å². The molecule has 17 heavy (non-hydrogen) atoms. The predicted molar refractivity (Wildman–Crippen MR) is 65.9 cm³/mol. The van der Waals surface area contributed by atoms with Crippen LogP contribution in [0.15, 0.2) is 17.3 Å². The lowest BCUT2D eigenvalue weighted by Crippen LogP contribution is -2.40. The van der Waals surface area contributed by atoms with E-state index in [-0.39, 0.29) is 11.1 Å². The monoisotopic (exact) mass is 260 g/mol. The highest BCUT2D eigenvalue weighted by Crippen LogP contribution is 2.09. The standard InChI is InChI=1S/C10H20N4O2S/c1-3-4-5-9(8-11)13-17(15,16)10-6-7-12-14(10)2/h6-7,9,13H,3-5,8,11H2,1-2H3. The summed E-state index contributed by atoms with van der Waals surface area (Å²) in [6, 6.07) is 1.25. The molecule has 0 amide bonds. The lowest BCUT2D eigenvalue weighted by atomic mass is 10.1. The molecule has 0 bridgehead atoms. The van der Waals surface area contributed by atoms with E-state index in [1.807, 2.05) is 0 Å². The van der Waals surface area contributed by atoms with Gasteiger partial charge in [-0.3, -0.25) is 4.68 Å². The normalized spacial score (nSPS) is 13.8. The van der Waals surface area contributed by atoms with Crippen LogP contribution >= 0.6 is 0 Å². The molecule has 1 heterocycles. The molecule has 98 valence electrons. The Morgan fingerprint density at radius 2 is 2.29 bits per heavy atom. The third-order valence-corrected chi connectivity index (χ3v) is 4.16. The Morgan fingerprint density at radius 3 is 2.76 bits per heavy atom. The number of nitrogens with zero attached hydrogens (tertiary/aromatic N) is 2. The largest absolute Gasteiger partial charge is 0.329 e. The molecule has 0 spiro atoms. The molecule has 0 aromatic carbocycles. The van der Waals surface area contributed by atoms with Gasteiger partial charge in [-0.1, -0.05) is 19.8 Å². The Morgan fingerprint density at radius 1 is 1.59 bits per heavy atom. The smallest absolute Gasteiger partial charge is 0.257 e. The highest BCUT2D eigenvalue weighted by atomic mass is 32.2. The quantitative estimate of drug-likeness (QED) is 0.733. The molecular formula is C10H20N4O2S. The highest BCUT2D eigenvalue weighted by molar-refractivity contribution is 7.89. The molecule has 7 heteroatoms. The first kappa shape index (κ1) is 14.1. The average Bonchev–Trinajstić information content (AvgIpc) is 2.71. The van der Waals surface area contributed by atoms with Crippen molar-refractivity contribution in [3.8, 4) is 0 Å². The Hall–Kier alpha value is -0.920. The van der Waals surface area contributed by atoms with Gasteiger partial charge >= 0.3 is 0 Å². The van der Waals surface area contributed by atoms with Gasteiger partial charge in [0, 0.05) is 19.6 Å². The molecule has 1 aromatic rings. The maximum atomic E-state index is 12.0. The summed E-state index contributed by atoms with van der Waals surface area (Å²) in [5, 5.41) is 4.00. The van der Waals surface area contributed by atoms with E-state index in [4.69, 9.17) is 5.73 Å². The fourth-order valence-corrected chi connectivity index (χ4v) is 2.99. The third kappa shape index (κ3) is 3.79. The number of sulfonamides is 1. The minimum absolute atomic E-state index is 0.160. The molecule has 1 aromatic heterocycles. The first-order valence-corrected chi connectivity index (χ1v) is 7.20. The lowest BCUT2D eigenvalue weighted by molar-refractivity contribution is 0.508.